The fourth-order valence-electron chi connectivity index (χ4n) is 1.86. The van der Waals surface area contributed by atoms with E-state index in [0.717, 1.165) is 11.4 Å². The number of carbonyl (C=O) groups is 1. The molecule has 0 aromatic heterocycles. The Morgan fingerprint density at radius 2 is 2.12 bits per heavy atom. The Labute approximate surface area is 101 Å². The van der Waals surface area contributed by atoms with Crippen molar-refractivity contribution in [1.82, 2.24) is 0 Å². The van der Waals surface area contributed by atoms with E-state index in [1.165, 1.54) is 0 Å². The SMILES string of the molecule is CC(C)[C@H](N)C(=O)N1CCOc2ccccc21. The topological polar surface area (TPSA) is 55.6 Å². The summed E-state index contributed by atoms with van der Waals surface area (Å²) in [5.74, 6) is 0.858. The van der Waals surface area contributed by atoms with Crippen LogP contribution in [0.3, 0.4) is 0 Å². The molecule has 1 aromatic carbocycles. The van der Waals surface area contributed by atoms with E-state index in [9.17, 15) is 4.79 Å². The van der Waals surface area contributed by atoms with Crippen LogP contribution >= 0.6 is 0 Å². The molecule has 92 valence electrons. The maximum Gasteiger partial charge on any atom is 0.244 e. The summed E-state index contributed by atoms with van der Waals surface area (Å²) in [7, 11) is 0. The van der Waals surface area contributed by atoms with Crippen molar-refractivity contribution in [3.63, 3.8) is 0 Å². The molecule has 0 spiro atoms. The van der Waals surface area contributed by atoms with Crippen LogP contribution in [0.15, 0.2) is 24.3 Å². The lowest BCUT2D eigenvalue weighted by Crippen LogP contribution is -2.49. The Balaban J connectivity index is 2.27. The number of hydrogen-bond acceptors (Lipinski definition) is 3. The van der Waals surface area contributed by atoms with Crippen molar-refractivity contribution < 1.29 is 9.53 Å². The van der Waals surface area contributed by atoms with E-state index < -0.39 is 6.04 Å². The first kappa shape index (κ1) is 11.9. The molecule has 0 unspecified atom stereocenters. The van der Waals surface area contributed by atoms with Gasteiger partial charge in [-0.3, -0.25) is 4.79 Å². The largest absolute Gasteiger partial charge is 0.490 e. The number of rotatable bonds is 2. The van der Waals surface area contributed by atoms with Crippen LogP contribution in [-0.2, 0) is 4.79 Å². The second-order valence-electron chi connectivity index (χ2n) is 4.58. The Bertz CT molecular complexity index is 418. The van der Waals surface area contributed by atoms with Crippen LogP contribution in [0.1, 0.15) is 13.8 Å². The fraction of sp³-hybridized carbons (Fsp3) is 0.462. The molecule has 1 heterocycles. The lowest BCUT2D eigenvalue weighted by atomic mass is 10.0. The molecule has 4 nitrogen and oxygen atoms in total. The van der Waals surface area contributed by atoms with Gasteiger partial charge in [-0.1, -0.05) is 26.0 Å². The predicted octanol–water partition coefficient (Wildman–Crippen LogP) is 1.40. The van der Waals surface area contributed by atoms with Crippen molar-refractivity contribution in [1.29, 1.82) is 0 Å². The van der Waals surface area contributed by atoms with E-state index in [-0.39, 0.29) is 11.8 Å². The molecule has 0 bridgehead atoms. The van der Waals surface area contributed by atoms with Crippen molar-refractivity contribution in [2.24, 2.45) is 11.7 Å². The minimum Gasteiger partial charge on any atom is -0.490 e. The van der Waals surface area contributed by atoms with Gasteiger partial charge in [-0.15, -0.1) is 0 Å². The zero-order valence-corrected chi connectivity index (χ0v) is 10.2. The molecular weight excluding hydrogens is 216 g/mol. The molecule has 2 N–H and O–H groups in total. The number of para-hydroxylation sites is 2. The molecule has 1 aliphatic rings. The Morgan fingerprint density at radius 3 is 2.82 bits per heavy atom. The molecule has 1 aliphatic heterocycles. The molecule has 4 heteroatoms. The average Bonchev–Trinajstić information content (AvgIpc) is 2.36. The van der Waals surface area contributed by atoms with Crippen molar-refractivity contribution in [2.75, 3.05) is 18.1 Å². The fourth-order valence-corrected chi connectivity index (χ4v) is 1.86. The minimum atomic E-state index is -0.457. The molecule has 0 saturated carbocycles. The van der Waals surface area contributed by atoms with Gasteiger partial charge in [0.15, 0.2) is 0 Å². The maximum atomic E-state index is 12.2. The molecule has 0 fully saturated rings. The average molecular weight is 234 g/mol. The number of fused-ring (bicyclic) bond motifs is 1. The third kappa shape index (κ3) is 2.26. The van der Waals surface area contributed by atoms with Crippen LogP contribution in [-0.4, -0.2) is 25.1 Å². The summed E-state index contributed by atoms with van der Waals surface area (Å²) < 4.78 is 5.51. The predicted molar refractivity (Wildman–Crippen MR) is 67.1 cm³/mol. The molecule has 0 saturated heterocycles. The summed E-state index contributed by atoms with van der Waals surface area (Å²) in [6.45, 7) is 4.99. The summed E-state index contributed by atoms with van der Waals surface area (Å²) in [4.78, 5) is 14.0. The molecule has 1 amide bonds. The van der Waals surface area contributed by atoms with E-state index in [1.807, 2.05) is 38.1 Å². The van der Waals surface area contributed by atoms with Crippen molar-refractivity contribution in [2.45, 2.75) is 19.9 Å². The molecule has 2 rings (SSSR count). The summed E-state index contributed by atoms with van der Waals surface area (Å²) in [6.07, 6.45) is 0. The highest BCUT2D eigenvalue weighted by atomic mass is 16.5. The van der Waals surface area contributed by atoms with Crippen LogP contribution < -0.4 is 15.4 Å². The number of nitrogens with zero attached hydrogens (tertiary/aromatic N) is 1. The number of anilines is 1. The highest BCUT2D eigenvalue weighted by Gasteiger charge is 2.28. The lowest BCUT2D eigenvalue weighted by molar-refractivity contribution is -0.120. The number of amides is 1. The summed E-state index contributed by atoms with van der Waals surface area (Å²) in [6, 6.07) is 7.10. The molecule has 1 aromatic rings. The highest BCUT2D eigenvalue weighted by Crippen LogP contribution is 2.31. The third-order valence-electron chi connectivity index (χ3n) is 3.00. The Hall–Kier alpha value is -1.55. The quantitative estimate of drug-likeness (QED) is 0.841. The monoisotopic (exact) mass is 234 g/mol. The lowest BCUT2D eigenvalue weighted by Gasteiger charge is -2.32. The van der Waals surface area contributed by atoms with E-state index >= 15 is 0 Å². The molecule has 17 heavy (non-hydrogen) atoms. The van der Waals surface area contributed by atoms with E-state index in [0.29, 0.717) is 13.2 Å². The van der Waals surface area contributed by atoms with Crippen molar-refractivity contribution in [3.05, 3.63) is 24.3 Å². The van der Waals surface area contributed by atoms with Crippen LogP contribution in [0.2, 0.25) is 0 Å². The van der Waals surface area contributed by atoms with Gasteiger partial charge in [0.1, 0.15) is 12.4 Å². The number of hydrogen-bond donors (Lipinski definition) is 1. The van der Waals surface area contributed by atoms with Gasteiger partial charge < -0.3 is 15.4 Å². The summed E-state index contributed by atoms with van der Waals surface area (Å²) >= 11 is 0. The van der Waals surface area contributed by atoms with Gasteiger partial charge >= 0.3 is 0 Å². The highest BCUT2D eigenvalue weighted by molar-refractivity contribution is 5.98. The van der Waals surface area contributed by atoms with Crippen LogP contribution in [0.25, 0.3) is 0 Å². The maximum absolute atomic E-state index is 12.2. The first-order valence-corrected chi connectivity index (χ1v) is 5.90. The number of nitrogens with two attached hydrogens (primary N) is 1. The minimum absolute atomic E-state index is 0.0317. The summed E-state index contributed by atoms with van der Waals surface area (Å²) in [5.41, 5.74) is 6.74. The van der Waals surface area contributed by atoms with Crippen LogP contribution in [0, 0.1) is 5.92 Å². The van der Waals surface area contributed by atoms with Crippen LogP contribution in [0.4, 0.5) is 5.69 Å². The van der Waals surface area contributed by atoms with Crippen molar-refractivity contribution in [3.8, 4) is 5.75 Å². The van der Waals surface area contributed by atoms with E-state index in [2.05, 4.69) is 0 Å². The van der Waals surface area contributed by atoms with Gasteiger partial charge in [0.25, 0.3) is 0 Å². The van der Waals surface area contributed by atoms with E-state index in [4.69, 9.17) is 10.5 Å². The second-order valence-corrected chi connectivity index (χ2v) is 4.58. The molecular formula is C13H18N2O2. The third-order valence-corrected chi connectivity index (χ3v) is 3.00. The zero-order chi connectivity index (χ0) is 12.4. The molecule has 0 radical (unpaired) electrons. The standard InChI is InChI=1S/C13H18N2O2/c1-9(2)12(14)13(16)15-7-8-17-11-6-4-3-5-10(11)15/h3-6,9,12H,7-8,14H2,1-2H3/t12-/m0/s1. The van der Waals surface area contributed by atoms with Gasteiger partial charge in [0, 0.05) is 0 Å². The van der Waals surface area contributed by atoms with Crippen LogP contribution in [0.5, 0.6) is 5.75 Å². The number of ether oxygens (including phenoxy) is 1. The molecule has 0 aliphatic carbocycles. The van der Waals surface area contributed by atoms with E-state index in [1.54, 1.807) is 4.90 Å². The first-order chi connectivity index (χ1) is 8.11. The van der Waals surface area contributed by atoms with Gasteiger partial charge in [-0.05, 0) is 18.1 Å². The van der Waals surface area contributed by atoms with Gasteiger partial charge in [0.2, 0.25) is 5.91 Å². The van der Waals surface area contributed by atoms with Crippen molar-refractivity contribution >= 4 is 11.6 Å². The van der Waals surface area contributed by atoms with Gasteiger partial charge in [0.05, 0.1) is 18.3 Å². The number of benzene rings is 1. The Kier molecular flexibility index (Phi) is 3.33. The molecule has 1 atom stereocenters. The number of carbonyl (C=O) groups excluding carboxylic acids is 1. The smallest absolute Gasteiger partial charge is 0.244 e. The zero-order valence-electron chi connectivity index (χ0n) is 10.2. The van der Waals surface area contributed by atoms with Gasteiger partial charge in [-0.2, -0.15) is 0 Å². The Morgan fingerprint density at radius 1 is 1.41 bits per heavy atom. The first-order valence-electron chi connectivity index (χ1n) is 5.90. The second kappa shape index (κ2) is 4.75. The normalized spacial score (nSPS) is 16.4. The summed E-state index contributed by atoms with van der Waals surface area (Å²) in [5, 5.41) is 0. The van der Waals surface area contributed by atoms with Gasteiger partial charge in [-0.25, -0.2) is 0 Å².